The highest BCUT2D eigenvalue weighted by atomic mass is 16.1. The van der Waals surface area contributed by atoms with Crippen molar-refractivity contribution in [3.8, 4) is 11.1 Å². The number of rotatable bonds is 5. The molecule has 0 saturated carbocycles. The molecule has 29 heavy (non-hydrogen) atoms. The van der Waals surface area contributed by atoms with Crippen molar-refractivity contribution in [1.29, 1.82) is 0 Å². The molecule has 0 aromatic heterocycles. The summed E-state index contributed by atoms with van der Waals surface area (Å²) in [6.45, 7) is 1.51. The fraction of sp³-hybridized carbons (Fsp3) is 0.0385. The molecule has 0 saturated heterocycles. The molecule has 0 unspecified atom stereocenters. The van der Waals surface area contributed by atoms with E-state index >= 15 is 0 Å². The third-order valence-corrected chi connectivity index (χ3v) is 4.69. The number of nitrogens with one attached hydrogen (secondary N) is 1. The Morgan fingerprint density at radius 2 is 1.00 bits per heavy atom. The summed E-state index contributed by atoms with van der Waals surface area (Å²) in [6.07, 6.45) is 0. The molecule has 0 aliphatic carbocycles. The first kappa shape index (κ1) is 18.5. The van der Waals surface area contributed by atoms with E-state index < -0.39 is 0 Å². The molecule has 0 atom stereocenters. The highest BCUT2D eigenvalue weighted by Crippen LogP contribution is 2.35. The Morgan fingerprint density at radius 1 is 0.586 bits per heavy atom. The monoisotopic (exact) mass is 378 g/mol. The van der Waals surface area contributed by atoms with E-state index in [2.05, 4.69) is 83.0 Å². The van der Waals surface area contributed by atoms with E-state index in [4.69, 9.17) is 0 Å². The molecule has 0 fully saturated rings. The van der Waals surface area contributed by atoms with Crippen molar-refractivity contribution in [2.45, 2.75) is 6.92 Å². The van der Waals surface area contributed by atoms with E-state index in [1.54, 1.807) is 0 Å². The summed E-state index contributed by atoms with van der Waals surface area (Å²) in [4.78, 5) is 13.4. The van der Waals surface area contributed by atoms with Crippen LogP contribution in [0.4, 0.5) is 22.7 Å². The van der Waals surface area contributed by atoms with Gasteiger partial charge in [-0.2, -0.15) is 0 Å². The zero-order valence-electron chi connectivity index (χ0n) is 16.2. The molecule has 4 rings (SSSR count). The summed E-state index contributed by atoms with van der Waals surface area (Å²) >= 11 is 0. The van der Waals surface area contributed by atoms with Gasteiger partial charge in [0, 0.05) is 29.7 Å². The lowest BCUT2D eigenvalue weighted by Gasteiger charge is -2.25. The molecular formula is C26H22N2O. The average Bonchev–Trinajstić information content (AvgIpc) is 2.76. The molecule has 0 aliphatic rings. The van der Waals surface area contributed by atoms with Gasteiger partial charge in [-0.05, 0) is 59.7 Å². The zero-order chi connectivity index (χ0) is 20.1. The molecule has 0 bridgehead atoms. The van der Waals surface area contributed by atoms with Gasteiger partial charge >= 0.3 is 0 Å². The van der Waals surface area contributed by atoms with Gasteiger partial charge in [-0.1, -0.05) is 60.7 Å². The van der Waals surface area contributed by atoms with E-state index in [-0.39, 0.29) is 5.91 Å². The van der Waals surface area contributed by atoms with Gasteiger partial charge in [0.15, 0.2) is 0 Å². The lowest BCUT2D eigenvalue weighted by atomic mass is 10.0. The average molecular weight is 378 g/mol. The van der Waals surface area contributed by atoms with Crippen LogP contribution >= 0.6 is 0 Å². The Balaban J connectivity index is 1.65. The Bertz CT molecular complexity index is 1030. The number of para-hydroxylation sites is 2. The molecule has 3 heteroatoms. The van der Waals surface area contributed by atoms with E-state index in [9.17, 15) is 4.79 Å². The van der Waals surface area contributed by atoms with Gasteiger partial charge in [0.2, 0.25) is 5.91 Å². The first-order valence-corrected chi connectivity index (χ1v) is 9.59. The Kier molecular flexibility index (Phi) is 5.39. The summed E-state index contributed by atoms with van der Waals surface area (Å²) in [5.74, 6) is -0.0657. The maximum atomic E-state index is 11.2. The molecule has 0 heterocycles. The van der Waals surface area contributed by atoms with Crippen LogP contribution in [0.25, 0.3) is 11.1 Å². The summed E-state index contributed by atoms with van der Waals surface area (Å²) in [5, 5.41) is 2.80. The van der Waals surface area contributed by atoms with Gasteiger partial charge in [0.25, 0.3) is 0 Å². The first-order chi connectivity index (χ1) is 14.2. The molecule has 1 amide bonds. The number of amides is 1. The predicted molar refractivity (Wildman–Crippen MR) is 121 cm³/mol. The largest absolute Gasteiger partial charge is 0.326 e. The number of carbonyl (C=O) groups excluding carboxylic acids is 1. The minimum atomic E-state index is -0.0657. The van der Waals surface area contributed by atoms with Gasteiger partial charge in [-0.25, -0.2) is 0 Å². The molecule has 142 valence electrons. The smallest absolute Gasteiger partial charge is 0.221 e. The Hall–Kier alpha value is -3.85. The summed E-state index contributed by atoms with van der Waals surface area (Å²) < 4.78 is 0. The molecule has 1 N–H and O–H groups in total. The molecule has 3 nitrogen and oxygen atoms in total. The molecule has 0 radical (unpaired) electrons. The third-order valence-electron chi connectivity index (χ3n) is 4.69. The van der Waals surface area contributed by atoms with Crippen LogP contribution in [0, 0.1) is 0 Å². The van der Waals surface area contributed by atoms with Gasteiger partial charge in [0.1, 0.15) is 0 Å². The van der Waals surface area contributed by atoms with Crippen LogP contribution in [0.3, 0.4) is 0 Å². The van der Waals surface area contributed by atoms with Crippen molar-refractivity contribution in [1.82, 2.24) is 0 Å². The van der Waals surface area contributed by atoms with Crippen molar-refractivity contribution in [2.24, 2.45) is 0 Å². The maximum Gasteiger partial charge on any atom is 0.221 e. The number of nitrogens with zero attached hydrogens (tertiary/aromatic N) is 1. The van der Waals surface area contributed by atoms with Crippen molar-refractivity contribution < 1.29 is 4.79 Å². The minimum absolute atomic E-state index is 0.0657. The summed E-state index contributed by atoms with van der Waals surface area (Å²) in [7, 11) is 0. The third kappa shape index (κ3) is 4.36. The van der Waals surface area contributed by atoms with E-state index in [0.29, 0.717) is 0 Å². The quantitative estimate of drug-likeness (QED) is 0.415. The van der Waals surface area contributed by atoms with Crippen LogP contribution in [-0.2, 0) is 4.79 Å². The molecular weight excluding hydrogens is 356 g/mol. The van der Waals surface area contributed by atoms with Crippen molar-refractivity contribution in [3.63, 3.8) is 0 Å². The fourth-order valence-corrected chi connectivity index (χ4v) is 3.35. The zero-order valence-corrected chi connectivity index (χ0v) is 16.2. The second-order valence-electron chi connectivity index (χ2n) is 6.81. The first-order valence-electron chi connectivity index (χ1n) is 9.59. The second kappa shape index (κ2) is 8.44. The number of benzene rings is 4. The molecule has 4 aromatic rings. The normalized spacial score (nSPS) is 10.4. The highest BCUT2D eigenvalue weighted by Gasteiger charge is 2.11. The molecule has 4 aromatic carbocycles. The lowest BCUT2D eigenvalue weighted by molar-refractivity contribution is -0.114. The van der Waals surface area contributed by atoms with Crippen molar-refractivity contribution in [3.05, 3.63) is 109 Å². The Morgan fingerprint density at radius 3 is 1.45 bits per heavy atom. The van der Waals surface area contributed by atoms with E-state index in [0.717, 1.165) is 33.9 Å². The van der Waals surface area contributed by atoms with Gasteiger partial charge in [-0.3, -0.25) is 4.79 Å². The predicted octanol–water partition coefficient (Wildman–Crippen LogP) is 6.78. The SMILES string of the molecule is CC(=O)Nc1ccc(-c2ccc(N(c3ccccc3)c3ccccc3)cc2)cc1. The van der Waals surface area contributed by atoms with Crippen LogP contribution in [0.15, 0.2) is 109 Å². The lowest BCUT2D eigenvalue weighted by Crippen LogP contribution is -2.09. The van der Waals surface area contributed by atoms with Gasteiger partial charge in [-0.15, -0.1) is 0 Å². The van der Waals surface area contributed by atoms with Crippen LogP contribution in [0.2, 0.25) is 0 Å². The fourth-order valence-electron chi connectivity index (χ4n) is 3.35. The second-order valence-corrected chi connectivity index (χ2v) is 6.81. The number of carbonyl (C=O) groups is 1. The van der Waals surface area contributed by atoms with Crippen LogP contribution in [0.5, 0.6) is 0 Å². The van der Waals surface area contributed by atoms with E-state index in [1.165, 1.54) is 6.92 Å². The van der Waals surface area contributed by atoms with Gasteiger partial charge < -0.3 is 10.2 Å². The van der Waals surface area contributed by atoms with Crippen LogP contribution in [-0.4, -0.2) is 5.91 Å². The number of anilines is 4. The summed E-state index contributed by atoms with van der Waals surface area (Å²) in [5.41, 5.74) is 6.37. The van der Waals surface area contributed by atoms with Crippen molar-refractivity contribution in [2.75, 3.05) is 10.2 Å². The highest BCUT2D eigenvalue weighted by molar-refractivity contribution is 5.89. The number of hydrogen-bond donors (Lipinski definition) is 1. The van der Waals surface area contributed by atoms with Crippen molar-refractivity contribution >= 4 is 28.7 Å². The topological polar surface area (TPSA) is 32.3 Å². The van der Waals surface area contributed by atoms with Crippen LogP contribution < -0.4 is 10.2 Å². The molecule has 0 spiro atoms. The van der Waals surface area contributed by atoms with E-state index in [1.807, 2.05) is 36.4 Å². The van der Waals surface area contributed by atoms with Gasteiger partial charge in [0.05, 0.1) is 0 Å². The Labute approximate surface area is 171 Å². The number of hydrogen-bond acceptors (Lipinski definition) is 2. The molecule has 0 aliphatic heterocycles. The summed E-state index contributed by atoms with van der Waals surface area (Å²) in [6, 6.07) is 37.1. The standard InChI is InChI=1S/C26H22N2O/c1-20(29)27-23-16-12-21(13-17-23)22-14-18-26(19-15-22)28(24-8-4-2-5-9-24)25-10-6-3-7-11-25/h2-19H,1H3,(H,27,29). The minimum Gasteiger partial charge on any atom is -0.326 e. The van der Waals surface area contributed by atoms with Crippen LogP contribution in [0.1, 0.15) is 6.92 Å². The maximum absolute atomic E-state index is 11.2.